The summed E-state index contributed by atoms with van der Waals surface area (Å²) in [4.78, 5) is 0. The van der Waals surface area contributed by atoms with E-state index in [9.17, 15) is 15.3 Å². The summed E-state index contributed by atoms with van der Waals surface area (Å²) >= 11 is 0. The molecule has 1 unspecified atom stereocenters. The van der Waals surface area contributed by atoms with Crippen LogP contribution in [0, 0.1) is 52.3 Å². The van der Waals surface area contributed by atoms with E-state index in [-0.39, 0.29) is 28.8 Å². The van der Waals surface area contributed by atoms with Gasteiger partial charge in [-0.05, 0) is 105 Å². The van der Waals surface area contributed by atoms with E-state index in [0.717, 1.165) is 25.7 Å². The highest BCUT2D eigenvalue weighted by atomic mass is 16.3. The molecule has 32 heavy (non-hydrogen) atoms. The van der Waals surface area contributed by atoms with Crippen molar-refractivity contribution in [3.8, 4) is 0 Å². The van der Waals surface area contributed by atoms with Crippen LogP contribution < -0.4 is 0 Å². The number of fused-ring (bicyclic) bond motifs is 5. The molecular formula is C29H50O3. The first-order chi connectivity index (χ1) is 15.0. The van der Waals surface area contributed by atoms with Gasteiger partial charge in [0.25, 0.3) is 0 Å². The van der Waals surface area contributed by atoms with Crippen molar-refractivity contribution in [1.29, 1.82) is 0 Å². The zero-order valence-corrected chi connectivity index (χ0v) is 21.6. The standard InChI is InChI=1S/C29H50O3/c1-7-20(18(2)3)9-8-19(4)22-10-11-23-24-17-26(31)25-16-21(30)12-13-28(25,6)29(24,32)15-14-27(22,23)5/h8-9,18-26,30-32H,7,10-17H2,1-6H3/t19-,20-,21+,22-,23+,24+,25?,26-,27-,28+,29-/m1/s1. The highest BCUT2D eigenvalue weighted by molar-refractivity contribution is 5.19. The predicted molar refractivity (Wildman–Crippen MR) is 131 cm³/mol. The Balaban J connectivity index is 1.57. The van der Waals surface area contributed by atoms with Crippen molar-refractivity contribution in [2.75, 3.05) is 0 Å². The molecule has 0 spiro atoms. The van der Waals surface area contributed by atoms with Gasteiger partial charge in [-0.2, -0.15) is 0 Å². The van der Waals surface area contributed by atoms with E-state index in [0.29, 0.717) is 42.4 Å². The van der Waals surface area contributed by atoms with Gasteiger partial charge >= 0.3 is 0 Å². The Kier molecular flexibility index (Phi) is 6.71. The van der Waals surface area contributed by atoms with Gasteiger partial charge in [0.15, 0.2) is 0 Å². The molecule has 3 nitrogen and oxygen atoms in total. The molecular weight excluding hydrogens is 396 g/mol. The average Bonchev–Trinajstić information content (AvgIpc) is 3.09. The Hall–Kier alpha value is -0.380. The number of aliphatic hydroxyl groups is 3. The van der Waals surface area contributed by atoms with Crippen LogP contribution in [0.3, 0.4) is 0 Å². The maximum Gasteiger partial charge on any atom is 0.0736 e. The summed E-state index contributed by atoms with van der Waals surface area (Å²) in [5, 5.41) is 33.8. The molecule has 0 heterocycles. The van der Waals surface area contributed by atoms with E-state index in [1.54, 1.807) is 0 Å². The molecule has 3 heteroatoms. The van der Waals surface area contributed by atoms with Gasteiger partial charge < -0.3 is 15.3 Å². The van der Waals surface area contributed by atoms with Crippen LogP contribution >= 0.6 is 0 Å². The molecule has 0 saturated heterocycles. The second-order valence-corrected chi connectivity index (χ2v) is 13.1. The summed E-state index contributed by atoms with van der Waals surface area (Å²) in [7, 11) is 0. The van der Waals surface area contributed by atoms with Crippen LogP contribution in [0.2, 0.25) is 0 Å². The Labute approximate surface area is 197 Å². The Morgan fingerprint density at radius 1 is 0.875 bits per heavy atom. The first kappa shape index (κ1) is 24.7. The summed E-state index contributed by atoms with van der Waals surface area (Å²) in [6, 6.07) is 0. The number of rotatable bonds is 5. The Morgan fingerprint density at radius 3 is 2.25 bits per heavy atom. The maximum absolute atomic E-state index is 12.3. The van der Waals surface area contributed by atoms with Crippen molar-refractivity contribution in [3.63, 3.8) is 0 Å². The minimum absolute atomic E-state index is 0.0259. The third-order valence-corrected chi connectivity index (χ3v) is 11.5. The number of hydrogen-bond donors (Lipinski definition) is 3. The van der Waals surface area contributed by atoms with E-state index in [2.05, 4.69) is 53.7 Å². The fourth-order valence-corrected chi connectivity index (χ4v) is 9.38. The second-order valence-electron chi connectivity index (χ2n) is 13.1. The van der Waals surface area contributed by atoms with E-state index in [1.165, 1.54) is 19.3 Å². The minimum Gasteiger partial charge on any atom is -0.393 e. The largest absolute Gasteiger partial charge is 0.393 e. The lowest BCUT2D eigenvalue weighted by Crippen LogP contribution is -2.68. The second kappa shape index (κ2) is 8.68. The topological polar surface area (TPSA) is 60.7 Å². The minimum atomic E-state index is -0.694. The van der Waals surface area contributed by atoms with Gasteiger partial charge in [0.1, 0.15) is 0 Å². The van der Waals surface area contributed by atoms with Crippen LogP contribution in [0.4, 0.5) is 0 Å². The zero-order valence-electron chi connectivity index (χ0n) is 21.6. The zero-order chi connectivity index (χ0) is 23.5. The third-order valence-electron chi connectivity index (χ3n) is 11.5. The molecule has 0 aliphatic heterocycles. The monoisotopic (exact) mass is 446 g/mol. The molecule has 0 radical (unpaired) electrons. The number of aliphatic hydroxyl groups excluding tert-OH is 2. The fourth-order valence-electron chi connectivity index (χ4n) is 9.38. The van der Waals surface area contributed by atoms with Crippen molar-refractivity contribution in [1.82, 2.24) is 0 Å². The molecule has 0 amide bonds. The van der Waals surface area contributed by atoms with Crippen molar-refractivity contribution in [2.45, 2.75) is 117 Å². The number of hydrogen-bond acceptors (Lipinski definition) is 3. The van der Waals surface area contributed by atoms with E-state index in [1.807, 2.05) is 0 Å². The fraction of sp³-hybridized carbons (Fsp3) is 0.931. The summed E-state index contributed by atoms with van der Waals surface area (Å²) in [5.74, 6) is 3.27. The molecule has 4 saturated carbocycles. The Morgan fingerprint density at radius 2 is 1.59 bits per heavy atom. The SMILES string of the molecule is CC[C@H](C=C[C@@H](C)[C@H]1CC[C@H]2[C@@H]3C[C@@H](O)C4C[C@@H](O)CC[C@]4(C)[C@@]3(O)CC[C@]12C)C(C)C. The first-order valence-corrected chi connectivity index (χ1v) is 13.7. The molecule has 3 N–H and O–H groups in total. The van der Waals surface area contributed by atoms with Crippen molar-refractivity contribution in [2.24, 2.45) is 52.3 Å². The van der Waals surface area contributed by atoms with Gasteiger partial charge in [-0.1, -0.05) is 53.7 Å². The van der Waals surface area contributed by atoms with Crippen LogP contribution in [-0.2, 0) is 0 Å². The molecule has 0 aromatic carbocycles. The quantitative estimate of drug-likeness (QED) is 0.456. The summed E-state index contributed by atoms with van der Waals surface area (Å²) < 4.78 is 0. The summed E-state index contributed by atoms with van der Waals surface area (Å²) in [5.41, 5.74) is -0.720. The van der Waals surface area contributed by atoms with Crippen LogP contribution in [-0.4, -0.2) is 33.1 Å². The normalized spacial score (nSPS) is 50.7. The van der Waals surface area contributed by atoms with E-state index >= 15 is 0 Å². The lowest BCUT2D eigenvalue weighted by molar-refractivity contribution is -0.264. The summed E-state index contributed by atoms with van der Waals surface area (Å²) in [6.45, 7) is 14.1. The van der Waals surface area contributed by atoms with Crippen LogP contribution in [0.25, 0.3) is 0 Å². The smallest absolute Gasteiger partial charge is 0.0736 e. The van der Waals surface area contributed by atoms with Crippen LogP contribution in [0.15, 0.2) is 12.2 Å². The van der Waals surface area contributed by atoms with E-state index in [4.69, 9.17) is 0 Å². The highest BCUT2D eigenvalue weighted by Crippen LogP contribution is 2.69. The van der Waals surface area contributed by atoms with Gasteiger partial charge in [-0.15, -0.1) is 0 Å². The lowest BCUT2D eigenvalue weighted by atomic mass is 9.41. The molecule has 0 aromatic rings. The summed E-state index contributed by atoms with van der Waals surface area (Å²) in [6.07, 6.45) is 12.8. The molecule has 184 valence electrons. The lowest BCUT2D eigenvalue weighted by Gasteiger charge is -2.66. The van der Waals surface area contributed by atoms with Gasteiger partial charge in [0.2, 0.25) is 0 Å². The average molecular weight is 447 g/mol. The maximum atomic E-state index is 12.3. The predicted octanol–water partition coefficient (Wildman–Crippen LogP) is 5.97. The molecule has 0 aromatic heterocycles. The molecule has 0 bridgehead atoms. The van der Waals surface area contributed by atoms with Gasteiger partial charge in [0, 0.05) is 5.41 Å². The molecule has 4 fully saturated rings. The molecule has 4 aliphatic carbocycles. The van der Waals surface area contributed by atoms with Gasteiger partial charge in [-0.25, -0.2) is 0 Å². The molecule has 4 rings (SSSR count). The highest BCUT2D eigenvalue weighted by Gasteiger charge is 2.68. The van der Waals surface area contributed by atoms with Crippen molar-refractivity contribution in [3.05, 3.63) is 12.2 Å². The van der Waals surface area contributed by atoms with Crippen LogP contribution in [0.5, 0.6) is 0 Å². The Bertz CT molecular complexity index is 703. The van der Waals surface area contributed by atoms with Crippen molar-refractivity contribution >= 4 is 0 Å². The van der Waals surface area contributed by atoms with E-state index < -0.39 is 11.7 Å². The van der Waals surface area contributed by atoms with Crippen LogP contribution in [0.1, 0.15) is 99.3 Å². The first-order valence-electron chi connectivity index (χ1n) is 13.7. The molecule has 11 atom stereocenters. The van der Waals surface area contributed by atoms with Gasteiger partial charge in [0.05, 0.1) is 17.8 Å². The third kappa shape index (κ3) is 3.64. The van der Waals surface area contributed by atoms with Gasteiger partial charge in [-0.3, -0.25) is 0 Å². The molecule has 4 aliphatic rings. The number of allylic oxidation sites excluding steroid dienone is 2. The van der Waals surface area contributed by atoms with Crippen molar-refractivity contribution < 1.29 is 15.3 Å².